The number of aliphatic hydroxyl groups excluding tert-OH is 2. The minimum absolute atomic E-state index is 0.250. The molecule has 0 radical (unpaired) electrons. The lowest BCUT2D eigenvalue weighted by atomic mass is 10.1. The van der Waals surface area contributed by atoms with Gasteiger partial charge in [-0.05, 0) is 55.7 Å². The predicted octanol–water partition coefficient (Wildman–Crippen LogP) is 8.54. The Hall–Kier alpha value is -4.09. The molecular weight excluding hydrogens is 498 g/mol. The van der Waals surface area contributed by atoms with Crippen LogP contribution in [0.15, 0.2) is 127 Å². The maximum atomic E-state index is 11.9. The highest BCUT2D eigenvalue weighted by atomic mass is 16.5. The third-order valence-electron chi connectivity index (χ3n) is 5.03. The molecule has 0 aromatic heterocycles. The van der Waals surface area contributed by atoms with Crippen molar-refractivity contribution in [3.8, 4) is 0 Å². The summed E-state index contributed by atoms with van der Waals surface area (Å²) in [4.78, 5) is 13.9. The van der Waals surface area contributed by atoms with Gasteiger partial charge in [-0.15, -0.1) is 0 Å². The molecular formula is C35H47NO4. The van der Waals surface area contributed by atoms with Crippen molar-refractivity contribution in [1.82, 2.24) is 4.90 Å². The fourth-order valence-corrected chi connectivity index (χ4v) is 3.32. The number of ether oxygens (including phenoxy) is 1. The van der Waals surface area contributed by atoms with E-state index >= 15 is 0 Å². The fraction of sp³-hybridized carbons (Fsp3) is 0.286. The number of carbonyl (C=O) groups excluding carboxylic acids is 1. The van der Waals surface area contributed by atoms with Gasteiger partial charge in [-0.1, -0.05) is 112 Å². The molecule has 0 unspecified atom stereocenters. The number of hydrogen-bond donors (Lipinski definition) is 2. The topological polar surface area (TPSA) is 70.0 Å². The van der Waals surface area contributed by atoms with E-state index in [1.54, 1.807) is 26.0 Å². The Balaban J connectivity index is 0.000000662. The van der Waals surface area contributed by atoms with Crippen LogP contribution in [-0.2, 0) is 16.1 Å². The largest absolute Gasteiger partial charge is 0.513 e. The molecule has 5 nitrogen and oxygen atoms in total. The van der Waals surface area contributed by atoms with Gasteiger partial charge in [-0.3, -0.25) is 0 Å². The number of allylic oxidation sites excluding steroid dienone is 9. The molecule has 0 saturated heterocycles. The van der Waals surface area contributed by atoms with Crippen LogP contribution >= 0.6 is 0 Å². The molecule has 1 heterocycles. The van der Waals surface area contributed by atoms with Crippen LogP contribution in [0.2, 0.25) is 0 Å². The van der Waals surface area contributed by atoms with Crippen LogP contribution in [0.5, 0.6) is 0 Å². The number of methoxy groups -OCH3 is 1. The van der Waals surface area contributed by atoms with E-state index in [-0.39, 0.29) is 12.6 Å². The van der Waals surface area contributed by atoms with Gasteiger partial charge in [-0.25, -0.2) is 4.79 Å². The number of nitrogens with zero attached hydrogens (tertiary/aromatic N) is 1. The molecule has 1 aliphatic heterocycles. The standard InChI is InChI=1S/C17H19NO2.C13H14O.C3H8.C2H6O/c1-3-4-10-15-11-12-16(17(19)20-2)18(15)13-14-8-6-5-7-9-14;1-3-12(10-9-11(2)14)13-7-5-4-6-8-13;1-3-2;1-2-3/h3-10,12H,11,13H2,1-2H3;3-10,14H,1H2,2H3;3H2,1-2H3;3H,2H2,1H3/b4-3-,15-10+;11-9+,12-10+;;. The first-order chi connectivity index (χ1) is 19.3. The summed E-state index contributed by atoms with van der Waals surface area (Å²) >= 11 is 0. The van der Waals surface area contributed by atoms with Gasteiger partial charge >= 0.3 is 5.97 Å². The first kappa shape index (κ1) is 35.9. The smallest absolute Gasteiger partial charge is 0.354 e. The third-order valence-corrected chi connectivity index (χ3v) is 5.03. The summed E-state index contributed by atoms with van der Waals surface area (Å²) in [6.07, 6.45) is 15.2. The summed E-state index contributed by atoms with van der Waals surface area (Å²) in [6, 6.07) is 20.0. The zero-order chi connectivity index (χ0) is 30.2. The van der Waals surface area contributed by atoms with Crippen LogP contribution < -0.4 is 0 Å². The Morgan fingerprint density at radius 2 is 1.57 bits per heavy atom. The van der Waals surface area contributed by atoms with Gasteiger partial charge in [0.1, 0.15) is 5.70 Å². The van der Waals surface area contributed by atoms with E-state index in [0.717, 1.165) is 28.8 Å². The number of hydrogen-bond acceptors (Lipinski definition) is 5. The maximum Gasteiger partial charge on any atom is 0.354 e. The average molecular weight is 546 g/mol. The van der Waals surface area contributed by atoms with Crippen molar-refractivity contribution in [2.24, 2.45) is 0 Å². The zero-order valence-corrected chi connectivity index (χ0v) is 25.0. The van der Waals surface area contributed by atoms with Gasteiger partial charge in [0.15, 0.2) is 0 Å². The Bertz CT molecular complexity index is 1120. The van der Waals surface area contributed by atoms with Gasteiger partial charge in [0.05, 0.1) is 12.9 Å². The quantitative estimate of drug-likeness (QED) is 0.207. The van der Waals surface area contributed by atoms with E-state index in [2.05, 4.69) is 32.6 Å². The second-order valence-corrected chi connectivity index (χ2v) is 8.56. The number of benzene rings is 2. The van der Waals surface area contributed by atoms with E-state index in [1.165, 1.54) is 13.5 Å². The number of rotatable bonds is 7. The fourth-order valence-electron chi connectivity index (χ4n) is 3.32. The van der Waals surface area contributed by atoms with Crippen molar-refractivity contribution in [3.63, 3.8) is 0 Å². The summed E-state index contributed by atoms with van der Waals surface area (Å²) in [5, 5.41) is 16.6. The van der Waals surface area contributed by atoms with E-state index in [4.69, 9.17) is 14.9 Å². The highest BCUT2D eigenvalue weighted by Crippen LogP contribution is 2.28. The van der Waals surface area contributed by atoms with Crippen molar-refractivity contribution in [2.75, 3.05) is 13.7 Å². The molecule has 2 N–H and O–H groups in total. The zero-order valence-electron chi connectivity index (χ0n) is 25.0. The van der Waals surface area contributed by atoms with E-state index < -0.39 is 0 Å². The molecule has 1 aliphatic rings. The Kier molecular flexibility index (Phi) is 20.5. The summed E-state index contributed by atoms with van der Waals surface area (Å²) < 4.78 is 4.86. The monoisotopic (exact) mass is 545 g/mol. The van der Waals surface area contributed by atoms with E-state index in [9.17, 15) is 4.79 Å². The van der Waals surface area contributed by atoms with Gasteiger partial charge in [-0.2, -0.15) is 0 Å². The highest BCUT2D eigenvalue weighted by molar-refractivity contribution is 5.89. The molecule has 5 heteroatoms. The summed E-state index contributed by atoms with van der Waals surface area (Å²) in [5.74, 6) is 0.00471. The molecule has 2 aromatic carbocycles. The number of carbonyl (C=O) groups is 1. The van der Waals surface area contributed by atoms with Gasteiger partial charge < -0.3 is 19.8 Å². The number of aliphatic hydroxyl groups is 2. The molecule has 0 amide bonds. The van der Waals surface area contributed by atoms with E-state index in [1.807, 2.05) is 90.7 Å². The second-order valence-electron chi connectivity index (χ2n) is 8.56. The maximum absolute atomic E-state index is 11.9. The lowest BCUT2D eigenvalue weighted by Crippen LogP contribution is -2.23. The van der Waals surface area contributed by atoms with Crippen molar-refractivity contribution in [3.05, 3.63) is 138 Å². The average Bonchev–Trinajstić information content (AvgIpc) is 3.36. The molecule has 0 bridgehead atoms. The molecule has 216 valence electrons. The van der Waals surface area contributed by atoms with Crippen LogP contribution in [0.4, 0.5) is 0 Å². The molecule has 0 aliphatic carbocycles. The summed E-state index contributed by atoms with van der Waals surface area (Å²) in [6.45, 7) is 14.2. The SMILES string of the molecule is C/C=C\C=C1/CC=C(C(=O)OC)N1Cc1ccccc1.C=C/C(=C\C=C(/C)O)c1ccccc1.CCC.CCO. The van der Waals surface area contributed by atoms with Crippen molar-refractivity contribution in [1.29, 1.82) is 0 Å². The Morgan fingerprint density at radius 3 is 2.05 bits per heavy atom. The molecule has 2 aromatic rings. The molecule has 0 fully saturated rings. The van der Waals surface area contributed by atoms with Crippen LogP contribution in [-0.4, -0.2) is 34.8 Å². The third kappa shape index (κ3) is 14.7. The van der Waals surface area contributed by atoms with Gasteiger partial charge in [0.2, 0.25) is 0 Å². The second kappa shape index (κ2) is 22.9. The first-order valence-electron chi connectivity index (χ1n) is 13.6. The predicted molar refractivity (Wildman–Crippen MR) is 169 cm³/mol. The highest BCUT2D eigenvalue weighted by Gasteiger charge is 2.26. The summed E-state index contributed by atoms with van der Waals surface area (Å²) in [5.41, 5.74) is 4.98. The molecule has 0 saturated carbocycles. The molecule has 0 spiro atoms. The Labute approximate surface area is 241 Å². The van der Waals surface area contributed by atoms with Crippen LogP contribution in [0.25, 0.3) is 5.57 Å². The van der Waals surface area contributed by atoms with Gasteiger partial charge in [0, 0.05) is 25.3 Å². The molecule has 40 heavy (non-hydrogen) atoms. The molecule has 3 rings (SSSR count). The first-order valence-corrected chi connectivity index (χ1v) is 13.6. The summed E-state index contributed by atoms with van der Waals surface area (Å²) in [7, 11) is 1.41. The normalized spacial score (nSPS) is 13.7. The Morgan fingerprint density at radius 1 is 1.02 bits per heavy atom. The van der Waals surface area contributed by atoms with Crippen LogP contribution in [0, 0.1) is 0 Å². The minimum Gasteiger partial charge on any atom is -0.513 e. The van der Waals surface area contributed by atoms with Crippen LogP contribution in [0.3, 0.4) is 0 Å². The lowest BCUT2D eigenvalue weighted by molar-refractivity contribution is -0.137. The van der Waals surface area contributed by atoms with Gasteiger partial charge in [0.25, 0.3) is 0 Å². The van der Waals surface area contributed by atoms with Crippen LogP contribution in [0.1, 0.15) is 58.6 Å². The van der Waals surface area contributed by atoms with E-state index in [0.29, 0.717) is 18.0 Å². The minimum atomic E-state index is -0.287. The van der Waals surface area contributed by atoms with Crippen molar-refractivity contribution in [2.45, 2.75) is 54.0 Å². The lowest BCUT2D eigenvalue weighted by Gasteiger charge is -2.23. The van der Waals surface area contributed by atoms with Crippen molar-refractivity contribution >= 4 is 11.5 Å². The van der Waals surface area contributed by atoms with Crippen molar-refractivity contribution < 1.29 is 19.7 Å². The molecule has 0 atom stereocenters. The number of esters is 1.